The maximum atomic E-state index is 10.4. The zero-order valence-corrected chi connectivity index (χ0v) is 14.9. The van der Waals surface area contributed by atoms with Crippen LogP contribution < -0.4 is 4.74 Å². The minimum atomic E-state index is -0.663. The fraction of sp³-hybridized carbons (Fsp3) is 0.167. The number of aliphatic hydroxyl groups is 1. The van der Waals surface area contributed by atoms with Crippen LogP contribution >= 0.6 is 59.1 Å². The van der Waals surface area contributed by atoms with Crippen molar-refractivity contribution in [2.75, 3.05) is 7.11 Å². The quantitative estimate of drug-likeness (QED) is 0.694. The second-order valence-electron chi connectivity index (χ2n) is 3.58. The molecule has 0 fully saturated rings. The van der Waals surface area contributed by atoms with Gasteiger partial charge in [-0.2, -0.15) is 0 Å². The minimum Gasteiger partial charge on any atom is -0.496 e. The topological polar surface area (TPSA) is 29.5 Å². The summed E-state index contributed by atoms with van der Waals surface area (Å²) in [6, 6.07) is 7.46. The molecule has 18 heavy (non-hydrogen) atoms. The van der Waals surface area contributed by atoms with Gasteiger partial charge in [0.15, 0.2) is 0 Å². The zero-order valence-electron chi connectivity index (χ0n) is 9.28. The predicted molar refractivity (Wildman–Crippen MR) is 84.5 cm³/mol. The summed E-state index contributed by atoms with van der Waals surface area (Å²) >= 11 is 11.8. The van der Waals surface area contributed by atoms with Crippen LogP contribution in [0.5, 0.6) is 5.75 Å². The molecule has 0 aliphatic carbocycles. The van der Waals surface area contributed by atoms with Crippen molar-refractivity contribution in [2.24, 2.45) is 0 Å². The first-order valence-electron chi connectivity index (χ1n) is 4.99. The van der Waals surface area contributed by atoms with Gasteiger partial charge in [0, 0.05) is 5.56 Å². The first-order valence-corrected chi connectivity index (χ1v) is 8.18. The van der Waals surface area contributed by atoms with Gasteiger partial charge in [0.05, 0.1) is 19.2 Å². The second kappa shape index (κ2) is 6.05. The summed E-state index contributed by atoms with van der Waals surface area (Å²) < 4.78 is 7.90. The molecule has 96 valence electrons. The maximum absolute atomic E-state index is 10.4. The summed E-state index contributed by atoms with van der Waals surface area (Å²) in [4.78, 5) is 0. The van der Waals surface area contributed by atoms with Crippen molar-refractivity contribution in [3.63, 3.8) is 0 Å². The van der Waals surface area contributed by atoms with Gasteiger partial charge in [-0.3, -0.25) is 0 Å². The summed E-state index contributed by atoms with van der Waals surface area (Å²) in [6.07, 6.45) is -0.663. The molecule has 2 nitrogen and oxygen atoms in total. The van der Waals surface area contributed by atoms with E-state index in [2.05, 4.69) is 47.8 Å². The smallest absolute Gasteiger partial charge is 0.133 e. The van der Waals surface area contributed by atoms with Crippen molar-refractivity contribution < 1.29 is 9.84 Å². The summed E-state index contributed by atoms with van der Waals surface area (Å²) in [6.45, 7) is 0. The van der Waals surface area contributed by atoms with E-state index in [0.717, 1.165) is 28.9 Å². The number of halogens is 3. The van der Waals surface area contributed by atoms with E-state index in [9.17, 15) is 5.11 Å². The molecule has 0 spiro atoms. The van der Waals surface area contributed by atoms with Crippen LogP contribution in [0.2, 0.25) is 0 Å². The van der Waals surface area contributed by atoms with Crippen molar-refractivity contribution in [3.05, 3.63) is 47.4 Å². The van der Waals surface area contributed by atoms with Crippen molar-refractivity contribution in [2.45, 2.75) is 6.10 Å². The highest BCUT2D eigenvalue weighted by molar-refractivity contribution is 9.12. The molecule has 2 rings (SSSR count). The number of rotatable bonds is 3. The highest BCUT2D eigenvalue weighted by Gasteiger charge is 2.17. The Hall–Kier alpha value is 0.120. The fourth-order valence-corrected chi connectivity index (χ4v) is 5.01. The highest BCUT2D eigenvalue weighted by atomic mass is 79.9. The Bertz CT molecular complexity index is 568. The lowest BCUT2D eigenvalue weighted by Gasteiger charge is -2.12. The Morgan fingerprint density at radius 3 is 2.44 bits per heavy atom. The standard InChI is InChI=1S/C12H9Br3O2S/c1-17-9-3-2-6(4-8(9)13)11(16)7-5-10(14)18-12(7)15/h2-5,11,16H,1H3. The number of ether oxygens (including phenoxy) is 1. The Kier molecular flexibility index (Phi) is 4.88. The first-order chi connectivity index (χ1) is 8.52. The highest BCUT2D eigenvalue weighted by Crippen LogP contribution is 2.39. The fourth-order valence-electron chi connectivity index (χ4n) is 1.57. The monoisotopic (exact) mass is 454 g/mol. The Labute approximate surface area is 134 Å². The summed E-state index contributed by atoms with van der Waals surface area (Å²) in [7, 11) is 1.61. The van der Waals surface area contributed by atoms with E-state index in [-0.39, 0.29) is 0 Å². The van der Waals surface area contributed by atoms with Crippen LogP contribution in [0.25, 0.3) is 0 Å². The molecule has 0 radical (unpaired) electrons. The first kappa shape index (κ1) is 14.5. The number of aliphatic hydroxyl groups excluding tert-OH is 1. The van der Waals surface area contributed by atoms with Gasteiger partial charge < -0.3 is 9.84 Å². The molecule has 1 aromatic carbocycles. The molecule has 1 heterocycles. The van der Waals surface area contributed by atoms with E-state index >= 15 is 0 Å². The third-order valence-electron chi connectivity index (χ3n) is 2.47. The van der Waals surface area contributed by atoms with Gasteiger partial charge in [0.2, 0.25) is 0 Å². The molecule has 0 aliphatic heterocycles. The zero-order chi connectivity index (χ0) is 13.3. The Morgan fingerprint density at radius 2 is 1.94 bits per heavy atom. The number of hydrogen-bond donors (Lipinski definition) is 1. The summed E-state index contributed by atoms with van der Waals surface area (Å²) in [5.41, 5.74) is 1.66. The van der Waals surface area contributed by atoms with Crippen LogP contribution in [-0.4, -0.2) is 12.2 Å². The third kappa shape index (κ3) is 2.99. The van der Waals surface area contributed by atoms with E-state index in [1.54, 1.807) is 18.4 Å². The molecule has 1 unspecified atom stereocenters. The molecule has 0 bridgehead atoms. The van der Waals surface area contributed by atoms with Gasteiger partial charge in [-0.25, -0.2) is 0 Å². The molecule has 0 saturated heterocycles. The van der Waals surface area contributed by atoms with Crippen molar-refractivity contribution in [1.29, 1.82) is 0 Å². The lowest BCUT2D eigenvalue weighted by molar-refractivity contribution is 0.220. The van der Waals surface area contributed by atoms with Gasteiger partial charge in [-0.05, 0) is 71.6 Å². The van der Waals surface area contributed by atoms with Gasteiger partial charge in [-0.1, -0.05) is 6.07 Å². The van der Waals surface area contributed by atoms with Crippen molar-refractivity contribution in [3.8, 4) is 5.75 Å². The summed E-state index contributed by atoms with van der Waals surface area (Å²) in [5.74, 6) is 0.747. The Balaban J connectivity index is 2.37. The molecule has 0 saturated carbocycles. The SMILES string of the molecule is COc1ccc(C(O)c2cc(Br)sc2Br)cc1Br. The average molecular weight is 457 g/mol. The average Bonchev–Trinajstić information content (AvgIpc) is 2.67. The number of methoxy groups -OCH3 is 1. The van der Waals surface area contributed by atoms with Crippen LogP contribution in [0.3, 0.4) is 0 Å². The van der Waals surface area contributed by atoms with Crippen LogP contribution in [-0.2, 0) is 0 Å². The van der Waals surface area contributed by atoms with E-state index in [1.807, 2.05) is 24.3 Å². The van der Waals surface area contributed by atoms with Gasteiger partial charge >= 0.3 is 0 Å². The number of thiophene rings is 1. The molecule has 0 aliphatic rings. The lowest BCUT2D eigenvalue weighted by Crippen LogP contribution is -1.99. The van der Waals surface area contributed by atoms with Crippen molar-refractivity contribution in [1.82, 2.24) is 0 Å². The largest absolute Gasteiger partial charge is 0.496 e. The lowest BCUT2D eigenvalue weighted by atomic mass is 10.0. The van der Waals surface area contributed by atoms with Gasteiger partial charge in [-0.15, -0.1) is 11.3 Å². The maximum Gasteiger partial charge on any atom is 0.133 e. The second-order valence-corrected chi connectivity index (χ2v) is 8.18. The molecular formula is C12H9Br3O2S. The van der Waals surface area contributed by atoms with Crippen LogP contribution in [0.4, 0.5) is 0 Å². The van der Waals surface area contributed by atoms with Crippen LogP contribution in [0.15, 0.2) is 36.3 Å². The summed E-state index contributed by atoms with van der Waals surface area (Å²) in [5, 5.41) is 10.4. The van der Waals surface area contributed by atoms with E-state index in [1.165, 1.54) is 0 Å². The van der Waals surface area contributed by atoms with Crippen molar-refractivity contribution >= 4 is 59.1 Å². The molecule has 0 amide bonds. The van der Waals surface area contributed by atoms with E-state index in [4.69, 9.17) is 4.74 Å². The Morgan fingerprint density at radius 1 is 1.22 bits per heavy atom. The molecule has 1 N–H and O–H groups in total. The minimum absolute atomic E-state index is 0.663. The van der Waals surface area contributed by atoms with E-state index in [0.29, 0.717) is 0 Å². The van der Waals surface area contributed by atoms with Gasteiger partial charge in [0.25, 0.3) is 0 Å². The van der Waals surface area contributed by atoms with Crippen LogP contribution in [0, 0.1) is 0 Å². The molecule has 6 heteroatoms. The normalized spacial score (nSPS) is 12.5. The number of hydrogen-bond acceptors (Lipinski definition) is 3. The number of benzene rings is 1. The van der Waals surface area contributed by atoms with Crippen LogP contribution in [0.1, 0.15) is 17.2 Å². The molecular weight excluding hydrogens is 448 g/mol. The molecule has 2 aromatic rings. The molecule has 1 atom stereocenters. The molecule has 1 aromatic heterocycles. The van der Waals surface area contributed by atoms with E-state index < -0.39 is 6.10 Å². The third-order valence-corrected chi connectivity index (χ3v) is 5.47. The predicted octanol–water partition coefficient (Wildman–Crippen LogP) is 5.13. The van der Waals surface area contributed by atoms with Gasteiger partial charge in [0.1, 0.15) is 11.9 Å².